The third-order valence-electron chi connectivity index (χ3n) is 2.75. The first kappa shape index (κ1) is 14.4. The van der Waals surface area contributed by atoms with Crippen molar-refractivity contribution < 1.29 is 13.2 Å². The summed E-state index contributed by atoms with van der Waals surface area (Å²) in [5, 5.41) is 14.2. The molecule has 0 aliphatic carbocycles. The Morgan fingerprint density at radius 3 is 2.55 bits per heavy atom. The second kappa shape index (κ2) is 5.20. The topological polar surface area (TPSA) is 55.6 Å². The van der Waals surface area contributed by atoms with Crippen molar-refractivity contribution in [3.63, 3.8) is 0 Å². The zero-order valence-electron chi connectivity index (χ0n) is 11.3. The third kappa shape index (κ3) is 2.79. The van der Waals surface area contributed by atoms with Gasteiger partial charge in [0.05, 0.1) is 17.0 Å². The van der Waals surface area contributed by atoms with Crippen molar-refractivity contribution in [3.05, 3.63) is 29.2 Å². The molecule has 5 nitrogen and oxygen atoms in total. The number of aryl methyl sites for hydroxylation is 2. The number of hydrogen-bond donors (Lipinski definition) is 1. The zero-order chi connectivity index (χ0) is 14.9. The minimum absolute atomic E-state index is 0.0546. The number of rotatable bonds is 3. The summed E-state index contributed by atoms with van der Waals surface area (Å²) in [6.45, 7) is 2.21. The molecular formula is C12H14F3N5. The van der Waals surface area contributed by atoms with E-state index in [1.165, 1.54) is 13.2 Å². The fraction of sp³-hybridized carbons (Fsp3) is 0.417. The molecule has 0 aromatic carbocycles. The molecule has 0 unspecified atom stereocenters. The second-order valence-electron chi connectivity index (χ2n) is 4.46. The Kier molecular flexibility index (Phi) is 3.76. The molecule has 0 atom stereocenters. The lowest BCUT2D eigenvalue weighted by Crippen LogP contribution is -2.11. The van der Waals surface area contributed by atoms with E-state index in [-0.39, 0.29) is 11.3 Å². The Balaban J connectivity index is 2.52. The van der Waals surface area contributed by atoms with Gasteiger partial charge >= 0.3 is 6.18 Å². The molecule has 108 valence electrons. The average Bonchev–Trinajstić information content (AvgIpc) is 2.71. The summed E-state index contributed by atoms with van der Waals surface area (Å²) in [4.78, 5) is 0. The predicted molar refractivity (Wildman–Crippen MR) is 66.7 cm³/mol. The summed E-state index contributed by atoms with van der Waals surface area (Å²) in [6.07, 6.45) is -3.22. The van der Waals surface area contributed by atoms with Crippen LogP contribution in [0.1, 0.15) is 17.0 Å². The summed E-state index contributed by atoms with van der Waals surface area (Å²) in [7, 11) is 3.20. The van der Waals surface area contributed by atoms with Crippen LogP contribution in [0.15, 0.2) is 12.3 Å². The molecule has 8 heteroatoms. The molecule has 1 N–H and O–H groups in total. The highest BCUT2D eigenvalue weighted by Gasteiger charge is 2.38. The lowest BCUT2D eigenvalue weighted by Gasteiger charge is -2.08. The van der Waals surface area contributed by atoms with E-state index in [1.807, 2.05) is 0 Å². The highest BCUT2D eigenvalue weighted by atomic mass is 19.4. The second-order valence-corrected chi connectivity index (χ2v) is 4.46. The fourth-order valence-corrected chi connectivity index (χ4v) is 1.95. The number of nitrogens with zero attached hydrogens (tertiary/aromatic N) is 4. The smallest absolute Gasteiger partial charge is 0.314 e. The van der Waals surface area contributed by atoms with Crippen molar-refractivity contribution in [2.45, 2.75) is 19.6 Å². The highest BCUT2D eigenvalue weighted by Crippen LogP contribution is 2.35. The van der Waals surface area contributed by atoms with Crippen LogP contribution in [0.4, 0.5) is 13.2 Å². The van der Waals surface area contributed by atoms with Gasteiger partial charge in [0, 0.05) is 19.8 Å². The minimum atomic E-state index is -4.52. The molecule has 2 aromatic heterocycles. The van der Waals surface area contributed by atoms with Crippen molar-refractivity contribution in [3.8, 4) is 11.3 Å². The van der Waals surface area contributed by atoms with E-state index >= 15 is 0 Å². The lowest BCUT2D eigenvalue weighted by atomic mass is 10.1. The maximum absolute atomic E-state index is 12.9. The summed E-state index contributed by atoms with van der Waals surface area (Å²) >= 11 is 0. The molecule has 2 heterocycles. The summed E-state index contributed by atoms with van der Waals surface area (Å²) in [5.74, 6) is 0. The first-order valence-corrected chi connectivity index (χ1v) is 5.92. The van der Waals surface area contributed by atoms with Crippen molar-refractivity contribution in [1.82, 2.24) is 25.3 Å². The van der Waals surface area contributed by atoms with Crippen LogP contribution in [-0.4, -0.2) is 27.0 Å². The SMILES string of the molecule is CNCc1cc(C)c(-c2cn(C)nc2C(F)(F)F)nn1. The maximum atomic E-state index is 12.9. The van der Waals surface area contributed by atoms with Crippen LogP contribution in [0.5, 0.6) is 0 Å². The largest absolute Gasteiger partial charge is 0.435 e. The maximum Gasteiger partial charge on any atom is 0.435 e. The highest BCUT2D eigenvalue weighted by molar-refractivity contribution is 5.65. The van der Waals surface area contributed by atoms with Gasteiger partial charge in [0.25, 0.3) is 0 Å². The summed E-state index contributed by atoms with van der Waals surface area (Å²) in [5.41, 5.74) is 0.500. The lowest BCUT2D eigenvalue weighted by molar-refractivity contribution is -0.141. The van der Waals surface area contributed by atoms with Gasteiger partial charge in [0.1, 0.15) is 0 Å². The van der Waals surface area contributed by atoms with Crippen molar-refractivity contribution in [2.24, 2.45) is 7.05 Å². The molecule has 0 saturated heterocycles. The van der Waals surface area contributed by atoms with E-state index in [2.05, 4.69) is 20.6 Å². The van der Waals surface area contributed by atoms with Crippen molar-refractivity contribution >= 4 is 0 Å². The standard InChI is InChI=1S/C12H14F3N5/c1-7-4-8(5-16-2)17-18-10(7)9-6-20(3)19-11(9)12(13,14)15/h4,6,16H,5H2,1-3H3. The molecule has 0 radical (unpaired) electrons. The predicted octanol–water partition coefficient (Wildman–Crippen LogP) is 1.92. The molecule has 0 aliphatic heterocycles. The van der Waals surface area contributed by atoms with Crippen LogP contribution in [0, 0.1) is 6.92 Å². The zero-order valence-corrected chi connectivity index (χ0v) is 11.3. The molecular weight excluding hydrogens is 271 g/mol. The molecule has 20 heavy (non-hydrogen) atoms. The quantitative estimate of drug-likeness (QED) is 0.936. The number of alkyl halides is 3. The van der Waals surface area contributed by atoms with Gasteiger partial charge in [-0.05, 0) is 25.6 Å². The van der Waals surface area contributed by atoms with Gasteiger partial charge in [-0.25, -0.2) is 0 Å². The molecule has 0 fully saturated rings. The summed E-state index contributed by atoms with van der Waals surface area (Å²) < 4.78 is 40.0. The molecule has 0 saturated carbocycles. The van der Waals surface area contributed by atoms with E-state index in [4.69, 9.17) is 0 Å². The molecule has 0 spiro atoms. The van der Waals surface area contributed by atoms with Crippen LogP contribution >= 0.6 is 0 Å². The van der Waals surface area contributed by atoms with E-state index < -0.39 is 11.9 Å². The molecule has 0 amide bonds. The molecule has 2 aromatic rings. The van der Waals surface area contributed by atoms with Gasteiger partial charge in [0.15, 0.2) is 5.69 Å². The Morgan fingerprint density at radius 2 is 2.00 bits per heavy atom. The van der Waals surface area contributed by atoms with Gasteiger partial charge in [-0.3, -0.25) is 4.68 Å². The Morgan fingerprint density at radius 1 is 1.30 bits per heavy atom. The van der Waals surface area contributed by atoms with Crippen LogP contribution < -0.4 is 5.32 Å². The average molecular weight is 285 g/mol. The van der Waals surface area contributed by atoms with Crippen LogP contribution in [-0.2, 0) is 19.8 Å². The van der Waals surface area contributed by atoms with Crippen molar-refractivity contribution in [1.29, 1.82) is 0 Å². The van der Waals surface area contributed by atoms with Gasteiger partial charge < -0.3 is 5.32 Å². The van der Waals surface area contributed by atoms with Gasteiger partial charge in [-0.15, -0.1) is 5.10 Å². The van der Waals surface area contributed by atoms with Gasteiger partial charge in [-0.2, -0.15) is 23.4 Å². The molecule has 0 aliphatic rings. The Labute approximate surface area is 113 Å². The van der Waals surface area contributed by atoms with Gasteiger partial charge in [0.2, 0.25) is 0 Å². The summed E-state index contributed by atoms with van der Waals surface area (Å²) in [6, 6.07) is 1.71. The van der Waals surface area contributed by atoms with E-state index in [0.29, 0.717) is 17.8 Å². The van der Waals surface area contributed by atoms with E-state index in [0.717, 1.165) is 4.68 Å². The number of nitrogens with one attached hydrogen (secondary N) is 1. The number of halogens is 3. The minimum Gasteiger partial charge on any atom is -0.314 e. The van der Waals surface area contributed by atoms with Crippen LogP contribution in [0.2, 0.25) is 0 Å². The molecule has 0 bridgehead atoms. The third-order valence-corrected chi connectivity index (χ3v) is 2.75. The van der Waals surface area contributed by atoms with Gasteiger partial charge in [-0.1, -0.05) is 0 Å². The van der Waals surface area contributed by atoms with Crippen molar-refractivity contribution in [2.75, 3.05) is 7.05 Å². The first-order valence-electron chi connectivity index (χ1n) is 5.92. The Bertz CT molecular complexity index is 618. The van der Waals surface area contributed by atoms with Crippen LogP contribution in [0.25, 0.3) is 11.3 Å². The monoisotopic (exact) mass is 285 g/mol. The van der Waals surface area contributed by atoms with Crippen LogP contribution in [0.3, 0.4) is 0 Å². The van der Waals surface area contributed by atoms with E-state index in [1.54, 1.807) is 20.0 Å². The normalized spacial score (nSPS) is 11.9. The number of hydrogen-bond acceptors (Lipinski definition) is 4. The number of aromatic nitrogens is 4. The molecule has 2 rings (SSSR count). The first-order chi connectivity index (χ1) is 9.32. The Hall–Kier alpha value is -1.96. The fourth-order valence-electron chi connectivity index (χ4n) is 1.95. The van der Waals surface area contributed by atoms with E-state index in [9.17, 15) is 13.2 Å².